The Labute approximate surface area is 192 Å². The van der Waals surface area contributed by atoms with Crippen LogP contribution in [0.25, 0.3) is 0 Å². The molecule has 0 spiro atoms. The second-order valence-electron chi connectivity index (χ2n) is 7.48. The molecule has 3 aromatic rings. The molecular formula is C24H15F4N3OS. The van der Waals surface area contributed by atoms with Crippen LogP contribution >= 0.6 is 12.2 Å². The first-order chi connectivity index (χ1) is 15.7. The third kappa shape index (κ3) is 4.05. The van der Waals surface area contributed by atoms with Gasteiger partial charge in [0.25, 0.3) is 5.91 Å². The number of nitrogens with zero attached hydrogens (tertiary/aromatic N) is 2. The highest BCUT2D eigenvalue weighted by Crippen LogP contribution is 2.39. The first-order valence-electron chi connectivity index (χ1n) is 9.74. The van der Waals surface area contributed by atoms with E-state index in [9.17, 15) is 22.4 Å². The molecule has 1 atom stereocenters. The minimum Gasteiger partial charge on any atom is -0.344 e. The number of anilines is 1. The zero-order chi connectivity index (χ0) is 23.8. The van der Waals surface area contributed by atoms with E-state index in [-0.39, 0.29) is 17.2 Å². The van der Waals surface area contributed by atoms with E-state index in [2.05, 4.69) is 5.32 Å². The fraction of sp³-hybridized carbons (Fsp3) is 0.125. The van der Waals surface area contributed by atoms with Gasteiger partial charge in [0.1, 0.15) is 11.4 Å². The lowest BCUT2D eigenvalue weighted by molar-refractivity contribution is -0.137. The number of hydrogen-bond donors (Lipinski definition) is 1. The average molecular weight is 469 g/mol. The molecule has 166 valence electrons. The minimum atomic E-state index is -4.79. The maximum Gasteiger partial charge on any atom is 0.417 e. The van der Waals surface area contributed by atoms with Gasteiger partial charge in [-0.2, -0.15) is 18.4 Å². The van der Waals surface area contributed by atoms with E-state index in [1.54, 1.807) is 30.3 Å². The SMILES string of the molecule is N#Cc1ccc(N2C(=O)[C@](Cc3ccc(F)cc3)(c3ccccc3)NC2=S)cc1C(F)(F)F. The molecule has 33 heavy (non-hydrogen) atoms. The lowest BCUT2D eigenvalue weighted by Gasteiger charge is -2.28. The molecule has 1 fully saturated rings. The second-order valence-corrected chi connectivity index (χ2v) is 7.87. The molecule has 1 heterocycles. The number of carbonyl (C=O) groups excluding carboxylic acids is 1. The van der Waals surface area contributed by atoms with Gasteiger partial charge in [-0.1, -0.05) is 42.5 Å². The van der Waals surface area contributed by atoms with Crippen molar-refractivity contribution in [3.63, 3.8) is 0 Å². The molecule has 4 rings (SSSR count). The van der Waals surface area contributed by atoms with Crippen molar-refractivity contribution >= 4 is 28.9 Å². The number of hydrogen-bond acceptors (Lipinski definition) is 3. The molecule has 0 radical (unpaired) electrons. The van der Waals surface area contributed by atoms with Crippen molar-refractivity contribution in [3.8, 4) is 6.07 Å². The number of alkyl halides is 3. The summed E-state index contributed by atoms with van der Waals surface area (Å²) in [5.74, 6) is -1.02. The van der Waals surface area contributed by atoms with Gasteiger partial charge in [-0.15, -0.1) is 0 Å². The highest BCUT2D eigenvalue weighted by Gasteiger charge is 2.51. The first-order valence-corrected chi connectivity index (χ1v) is 10.1. The molecule has 0 bridgehead atoms. The van der Waals surface area contributed by atoms with Crippen molar-refractivity contribution in [3.05, 3.63) is 101 Å². The highest BCUT2D eigenvalue weighted by molar-refractivity contribution is 7.80. The zero-order valence-corrected chi connectivity index (χ0v) is 17.7. The molecule has 1 aliphatic rings. The molecule has 1 amide bonds. The third-order valence-electron chi connectivity index (χ3n) is 5.43. The Balaban J connectivity index is 1.82. The van der Waals surface area contributed by atoms with Crippen molar-refractivity contribution in [2.24, 2.45) is 0 Å². The summed E-state index contributed by atoms with van der Waals surface area (Å²) < 4.78 is 53.9. The highest BCUT2D eigenvalue weighted by atomic mass is 32.1. The predicted molar refractivity (Wildman–Crippen MR) is 118 cm³/mol. The summed E-state index contributed by atoms with van der Waals surface area (Å²) in [6.07, 6.45) is -4.71. The van der Waals surface area contributed by atoms with Gasteiger partial charge >= 0.3 is 6.18 Å². The van der Waals surface area contributed by atoms with Gasteiger partial charge in [-0.25, -0.2) is 4.39 Å². The molecule has 0 aromatic heterocycles. The smallest absolute Gasteiger partial charge is 0.344 e. The van der Waals surface area contributed by atoms with E-state index >= 15 is 0 Å². The van der Waals surface area contributed by atoms with Crippen LogP contribution in [-0.2, 0) is 22.9 Å². The largest absolute Gasteiger partial charge is 0.417 e. The second kappa shape index (κ2) is 8.30. The van der Waals surface area contributed by atoms with Crippen LogP contribution in [-0.4, -0.2) is 11.0 Å². The summed E-state index contributed by atoms with van der Waals surface area (Å²) in [5.41, 5.74) is -2.06. The Bertz CT molecular complexity index is 1270. The summed E-state index contributed by atoms with van der Waals surface area (Å²) in [6, 6.07) is 18.7. The fourth-order valence-electron chi connectivity index (χ4n) is 3.86. The average Bonchev–Trinajstić information content (AvgIpc) is 3.05. The molecule has 1 N–H and O–H groups in total. The maximum atomic E-state index is 13.8. The van der Waals surface area contributed by atoms with Gasteiger partial charge in [0, 0.05) is 6.42 Å². The number of nitrogens with one attached hydrogen (secondary N) is 1. The quantitative estimate of drug-likeness (QED) is 0.428. The Morgan fingerprint density at radius 2 is 1.70 bits per heavy atom. The van der Waals surface area contributed by atoms with Gasteiger partial charge in [0.15, 0.2) is 5.11 Å². The normalized spacial score (nSPS) is 18.2. The first kappa shape index (κ1) is 22.4. The number of halogens is 4. The standard InChI is InChI=1S/C24H15F4N3OS/c25-18-9-6-15(7-10-18)13-23(17-4-2-1-3-5-17)21(32)31(22(33)30-23)19-11-8-16(14-29)20(12-19)24(26,27)28/h1-12H,13H2,(H,30,33)/t23-/m0/s1. The van der Waals surface area contributed by atoms with Crippen LogP contribution in [0.5, 0.6) is 0 Å². The van der Waals surface area contributed by atoms with E-state index in [1.165, 1.54) is 36.4 Å². The number of nitriles is 1. The summed E-state index contributed by atoms with van der Waals surface area (Å²) >= 11 is 5.37. The van der Waals surface area contributed by atoms with Crippen LogP contribution in [0.1, 0.15) is 22.3 Å². The molecule has 1 saturated heterocycles. The monoisotopic (exact) mass is 469 g/mol. The number of carbonyl (C=O) groups is 1. The van der Waals surface area contributed by atoms with E-state index in [1.807, 2.05) is 0 Å². The maximum absolute atomic E-state index is 13.8. The Morgan fingerprint density at radius 3 is 2.30 bits per heavy atom. The van der Waals surface area contributed by atoms with Crippen LogP contribution in [0.15, 0.2) is 72.8 Å². The van der Waals surface area contributed by atoms with Crippen LogP contribution in [0.2, 0.25) is 0 Å². The Kier molecular flexibility index (Phi) is 5.64. The zero-order valence-electron chi connectivity index (χ0n) is 16.9. The van der Waals surface area contributed by atoms with Gasteiger partial charge in [0.05, 0.1) is 22.9 Å². The van der Waals surface area contributed by atoms with E-state index in [0.29, 0.717) is 11.1 Å². The van der Waals surface area contributed by atoms with Crippen LogP contribution in [0.4, 0.5) is 23.2 Å². The van der Waals surface area contributed by atoms with Crippen LogP contribution in [0.3, 0.4) is 0 Å². The molecule has 3 aromatic carbocycles. The molecule has 0 unspecified atom stereocenters. The topological polar surface area (TPSA) is 56.1 Å². The molecule has 0 aliphatic carbocycles. The van der Waals surface area contributed by atoms with Gasteiger partial charge in [-0.3, -0.25) is 9.69 Å². The number of benzene rings is 3. The number of amides is 1. The summed E-state index contributed by atoms with van der Waals surface area (Å²) in [4.78, 5) is 14.8. The van der Waals surface area contributed by atoms with Crippen molar-refractivity contribution in [2.75, 3.05) is 4.90 Å². The molecule has 4 nitrogen and oxygen atoms in total. The third-order valence-corrected chi connectivity index (χ3v) is 5.71. The van der Waals surface area contributed by atoms with E-state index in [4.69, 9.17) is 17.5 Å². The molecule has 1 aliphatic heterocycles. The lowest BCUT2D eigenvalue weighted by Crippen LogP contribution is -2.46. The summed E-state index contributed by atoms with van der Waals surface area (Å²) in [7, 11) is 0. The van der Waals surface area contributed by atoms with Crippen LogP contribution < -0.4 is 10.2 Å². The van der Waals surface area contributed by atoms with Crippen molar-refractivity contribution in [1.29, 1.82) is 5.26 Å². The van der Waals surface area contributed by atoms with Gasteiger partial charge in [-0.05, 0) is 53.7 Å². The minimum absolute atomic E-state index is 0.0785. The Morgan fingerprint density at radius 1 is 1.03 bits per heavy atom. The van der Waals surface area contributed by atoms with Crippen LogP contribution in [0, 0.1) is 17.1 Å². The Hall–Kier alpha value is -3.77. The predicted octanol–water partition coefficient (Wildman–Crippen LogP) is 5.08. The van der Waals surface area contributed by atoms with Crippen molar-refractivity contribution in [1.82, 2.24) is 5.32 Å². The van der Waals surface area contributed by atoms with E-state index < -0.39 is 34.6 Å². The lowest BCUT2D eigenvalue weighted by atomic mass is 9.83. The molecular weight excluding hydrogens is 454 g/mol. The van der Waals surface area contributed by atoms with Crippen molar-refractivity contribution in [2.45, 2.75) is 18.1 Å². The van der Waals surface area contributed by atoms with Gasteiger partial charge in [0.2, 0.25) is 0 Å². The summed E-state index contributed by atoms with van der Waals surface area (Å²) in [6.45, 7) is 0. The van der Waals surface area contributed by atoms with Gasteiger partial charge < -0.3 is 5.32 Å². The molecule has 0 saturated carbocycles. The van der Waals surface area contributed by atoms with Crippen molar-refractivity contribution < 1.29 is 22.4 Å². The summed E-state index contributed by atoms with van der Waals surface area (Å²) in [5, 5.41) is 12.0. The number of rotatable bonds is 4. The van der Waals surface area contributed by atoms with E-state index in [0.717, 1.165) is 17.0 Å². The molecule has 9 heteroatoms. The number of thiocarbonyl (C=S) groups is 1. The fourth-order valence-corrected chi connectivity index (χ4v) is 4.22.